The van der Waals surface area contributed by atoms with Crippen molar-refractivity contribution in [2.24, 2.45) is 5.92 Å². The van der Waals surface area contributed by atoms with Gasteiger partial charge in [0.05, 0.1) is 18.8 Å². The number of benzene rings is 1. The Labute approximate surface area is 186 Å². The molecule has 4 rings (SSSR count). The van der Waals surface area contributed by atoms with E-state index >= 15 is 0 Å². The Kier molecular flexibility index (Phi) is 6.37. The van der Waals surface area contributed by atoms with Crippen LogP contribution < -0.4 is 5.43 Å². The van der Waals surface area contributed by atoms with Crippen LogP contribution >= 0.6 is 23.1 Å². The van der Waals surface area contributed by atoms with Crippen molar-refractivity contribution in [3.05, 3.63) is 56.6 Å². The molecule has 3 heterocycles. The molecule has 30 heavy (non-hydrogen) atoms. The van der Waals surface area contributed by atoms with Gasteiger partial charge in [0, 0.05) is 22.6 Å². The Morgan fingerprint density at radius 3 is 2.77 bits per heavy atom. The summed E-state index contributed by atoms with van der Waals surface area (Å²) in [5.74, 6) is 1.66. The van der Waals surface area contributed by atoms with Crippen LogP contribution in [0.2, 0.25) is 0 Å². The zero-order chi connectivity index (χ0) is 21.3. The molecule has 0 aliphatic carbocycles. The van der Waals surface area contributed by atoms with E-state index in [0.29, 0.717) is 24.5 Å². The second-order valence-electron chi connectivity index (χ2n) is 8.75. The van der Waals surface area contributed by atoms with Gasteiger partial charge in [0.15, 0.2) is 5.16 Å². The van der Waals surface area contributed by atoms with Gasteiger partial charge in [0.1, 0.15) is 10.3 Å². The van der Waals surface area contributed by atoms with Crippen LogP contribution in [0.4, 0.5) is 0 Å². The number of hydrogen-bond donors (Lipinski definition) is 0. The van der Waals surface area contributed by atoms with Crippen molar-refractivity contribution in [1.82, 2.24) is 9.55 Å². The summed E-state index contributed by atoms with van der Waals surface area (Å²) in [5.41, 5.74) is 2.59. The molecule has 0 radical (unpaired) electrons. The molecule has 0 saturated carbocycles. The molecule has 1 aliphatic heterocycles. The van der Waals surface area contributed by atoms with Gasteiger partial charge in [0.25, 0.3) is 0 Å². The van der Waals surface area contributed by atoms with E-state index in [4.69, 9.17) is 9.72 Å². The normalized spacial score (nSPS) is 18.8. The molecule has 1 unspecified atom stereocenters. The number of ether oxygens (including phenoxy) is 1. The molecule has 2 aromatic heterocycles. The Hall–Kier alpha value is -1.63. The third-order valence-corrected chi connectivity index (χ3v) is 8.12. The highest BCUT2D eigenvalue weighted by atomic mass is 32.2. The van der Waals surface area contributed by atoms with E-state index in [2.05, 4.69) is 56.5 Å². The molecule has 0 fully saturated rings. The van der Waals surface area contributed by atoms with Crippen molar-refractivity contribution in [2.45, 2.75) is 70.9 Å². The summed E-state index contributed by atoms with van der Waals surface area (Å²) in [6, 6.07) is 10.4. The standard InChI is InChI=1S/C24H30N2O2S2/c1-5-24(4)13-18-19(15-28-24)30-22-20(21(18)27)25-23(29-12-11-16(2)3)26(22)14-17-9-7-6-8-10-17/h6-10,16H,5,11-15H2,1-4H3. The molecule has 0 N–H and O–H groups in total. The van der Waals surface area contributed by atoms with E-state index in [1.165, 1.54) is 5.56 Å². The first-order valence-corrected chi connectivity index (χ1v) is 12.6. The molecule has 0 saturated heterocycles. The Morgan fingerprint density at radius 1 is 1.30 bits per heavy atom. The minimum atomic E-state index is -0.256. The quantitative estimate of drug-likeness (QED) is 0.428. The molecule has 4 nitrogen and oxygen atoms in total. The average molecular weight is 443 g/mol. The summed E-state index contributed by atoms with van der Waals surface area (Å²) in [7, 11) is 0. The first kappa shape index (κ1) is 21.6. The van der Waals surface area contributed by atoms with Gasteiger partial charge in [-0.1, -0.05) is 62.9 Å². The Balaban J connectivity index is 1.80. The number of nitrogens with zero attached hydrogens (tertiary/aromatic N) is 2. The van der Waals surface area contributed by atoms with E-state index in [1.807, 2.05) is 6.07 Å². The SMILES string of the molecule is CCC1(C)Cc2c(sc3c(nc(SCCC(C)C)n3Cc3ccccc3)c2=O)CO1. The molecular weight excluding hydrogens is 412 g/mol. The summed E-state index contributed by atoms with van der Waals surface area (Å²) in [6.45, 7) is 9.95. The molecule has 1 aromatic carbocycles. The van der Waals surface area contributed by atoms with Crippen LogP contribution in [0.15, 0.2) is 40.3 Å². The maximum Gasteiger partial charge on any atom is 0.211 e. The fourth-order valence-corrected chi connectivity index (χ4v) is 6.14. The smallest absolute Gasteiger partial charge is 0.211 e. The monoisotopic (exact) mass is 442 g/mol. The largest absolute Gasteiger partial charge is 0.369 e. The Morgan fingerprint density at radius 2 is 2.07 bits per heavy atom. The van der Waals surface area contributed by atoms with Crippen LogP contribution in [0, 0.1) is 5.92 Å². The third-order valence-electron chi connectivity index (χ3n) is 5.89. The molecule has 0 bridgehead atoms. The number of imidazole rings is 1. The minimum absolute atomic E-state index is 0.0965. The number of rotatable bonds is 7. The number of hydrogen-bond acceptors (Lipinski definition) is 5. The fraction of sp³-hybridized carbons (Fsp3) is 0.500. The van der Waals surface area contributed by atoms with Crippen molar-refractivity contribution in [3.8, 4) is 0 Å². The number of fused-ring (bicyclic) bond motifs is 2. The summed E-state index contributed by atoms with van der Waals surface area (Å²) < 4.78 is 8.37. The Bertz CT molecular complexity index is 1090. The predicted octanol–water partition coefficient (Wildman–Crippen LogP) is 5.89. The van der Waals surface area contributed by atoms with Crippen LogP contribution in [-0.4, -0.2) is 20.9 Å². The van der Waals surface area contributed by atoms with Gasteiger partial charge in [-0.25, -0.2) is 4.98 Å². The second-order valence-corrected chi connectivity index (χ2v) is 10.9. The molecular formula is C24H30N2O2S2. The predicted molar refractivity (Wildman–Crippen MR) is 127 cm³/mol. The van der Waals surface area contributed by atoms with Crippen molar-refractivity contribution >= 4 is 33.4 Å². The second kappa shape index (κ2) is 8.85. The van der Waals surface area contributed by atoms with Gasteiger partial charge in [0.2, 0.25) is 5.43 Å². The summed E-state index contributed by atoms with van der Waals surface area (Å²) in [4.78, 5) is 20.3. The highest BCUT2D eigenvalue weighted by Crippen LogP contribution is 2.35. The maximum absolute atomic E-state index is 13.4. The molecule has 0 amide bonds. The lowest BCUT2D eigenvalue weighted by atomic mass is 9.91. The molecule has 1 atom stereocenters. The third kappa shape index (κ3) is 4.36. The summed E-state index contributed by atoms with van der Waals surface area (Å²) >= 11 is 3.45. The lowest BCUT2D eigenvalue weighted by Crippen LogP contribution is -2.37. The summed E-state index contributed by atoms with van der Waals surface area (Å²) in [5, 5.41) is 0.948. The topological polar surface area (TPSA) is 44.1 Å². The van der Waals surface area contributed by atoms with Crippen molar-refractivity contribution in [2.75, 3.05) is 5.75 Å². The maximum atomic E-state index is 13.4. The highest BCUT2D eigenvalue weighted by molar-refractivity contribution is 7.99. The van der Waals surface area contributed by atoms with Crippen LogP contribution in [0.25, 0.3) is 10.3 Å². The zero-order valence-corrected chi connectivity index (χ0v) is 19.9. The summed E-state index contributed by atoms with van der Waals surface area (Å²) in [6.07, 6.45) is 2.70. The van der Waals surface area contributed by atoms with Crippen LogP contribution in [0.3, 0.4) is 0 Å². The average Bonchev–Trinajstić information content (AvgIpc) is 3.07. The van der Waals surface area contributed by atoms with E-state index in [9.17, 15) is 4.79 Å². The van der Waals surface area contributed by atoms with Crippen molar-refractivity contribution < 1.29 is 4.74 Å². The van der Waals surface area contributed by atoms with Crippen LogP contribution in [0.5, 0.6) is 0 Å². The van der Waals surface area contributed by atoms with Gasteiger partial charge in [-0.15, -0.1) is 11.3 Å². The lowest BCUT2D eigenvalue weighted by Gasteiger charge is -2.33. The fourth-order valence-electron chi connectivity index (χ4n) is 3.71. The van der Waals surface area contributed by atoms with Gasteiger partial charge >= 0.3 is 0 Å². The molecule has 0 spiro atoms. The van der Waals surface area contributed by atoms with Crippen LogP contribution in [-0.2, 0) is 24.3 Å². The molecule has 3 aromatic rings. The first-order valence-electron chi connectivity index (χ1n) is 10.8. The molecule has 160 valence electrons. The number of aromatic nitrogens is 2. The van der Waals surface area contributed by atoms with Gasteiger partial charge in [-0.05, 0) is 31.2 Å². The molecule has 1 aliphatic rings. The van der Waals surface area contributed by atoms with Crippen molar-refractivity contribution in [1.29, 1.82) is 0 Å². The van der Waals surface area contributed by atoms with E-state index in [1.54, 1.807) is 23.1 Å². The van der Waals surface area contributed by atoms with E-state index < -0.39 is 0 Å². The van der Waals surface area contributed by atoms with Gasteiger partial charge in [-0.3, -0.25) is 4.79 Å². The first-order chi connectivity index (χ1) is 14.4. The van der Waals surface area contributed by atoms with Crippen molar-refractivity contribution in [3.63, 3.8) is 0 Å². The van der Waals surface area contributed by atoms with Crippen LogP contribution in [0.1, 0.15) is 56.5 Å². The minimum Gasteiger partial charge on any atom is -0.369 e. The zero-order valence-electron chi connectivity index (χ0n) is 18.2. The highest BCUT2D eigenvalue weighted by Gasteiger charge is 2.33. The lowest BCUT2D eigenvalue weighted by molar-refractivity contribution is -0.0550. The van der Waals surface area contributed by atoms with Gasteiger partial charge < -0.3 is 9.30 Å². The van der Waals surface area contributed by atoms with E-state index in [-0.39, 0.29) is 11.0 Å². The molecule has 6 heteroatoms. The van der Waals surface area contributed by atoms with Gasteiger partial charge in [-0.2, -0.15) is 0 Å². The van der Waals surface area contributed by atoms with E-state index in [0.717, 1.165) is 45.6 Å². The number of thioether (sulfide) groups is 1.